The van der Waals surface area contributed by atoms with Crippen molar-refractivity contribution < 1.29 is 41.2 Å². The third-order valence-corrected chi connectivity index (χ3v) is 7.21. The number of amides is 3. The summed E-state index contributed by atoms with van der Waals surface area (Å²) in [5.41, 5.74) is 7.26. The number of nitrogens with zero attached hydrogens (tertiary/aromatic N) is 8. The van der Waals surface area contributed by atoms with E-state index >= 15 is 4.48 Å². The van der Waals surface area contributed by atoms with E-state index in [0.717, 1.165) is 33.5 Å². The van der Waals surface area contributed by atoms with Gasteiger partial charge in [-0.1, -0.05) is 10.5 Å². The summed E-state index contributed by atoms with van der Waals surface area (Å²) in [5.74, 6) is -3.93. The van der Waals surface area contributed by atoms with Crippen molar-refractivity contribution >= 4 is 40.0 Å². The highest BCUT2D eigenvalue weighted by atomic mass is 19.4. The second-order valence-corrected chi connectivity index (χ2v) is 10.4. The first-order valence-electron chi connectivity index (χ1n) is 13.6. The fourth-order valence-corrected chi connectivity index (χ4v) is 5.23. The molecule has 2 atom stereocenters. The Morgan fingerprint density at radius 1 is 1.11 bits per heavy atom. The molecule has 2 N–H and O–H groups in total. The van der Waals surface area contributed by atoms with E-state index in [0.29, 0.717) is 23.0 Å². The van der Waals surface area contributed by atoms with Gasteiger partial charge in [0.25, 0.3) is 11.8 Å². The molecular weight excluding hydrogens is 621 g/mol. The Morgan fingerprint density at radius 3 is 2.63 bits per heavy atom. The van der Waals surface area contributed by atoms with Crippen molar-refractivity contribution in [2.24, 2.45) is 5.73 Å². The van der Waals surface area contributed by atoms with Crippen LogP contribution in [0.5, 0.6) is 5.75 Å². The van der Waals surface area contributed by atoms with Crippen molar-refractivity contribution in [2.75, 3.05) is 11.7 Å². The number of nitrogens with two attached hydrogens (primary N) is 1. The van der Waals surface area contributed by atoms with Crippen LogP contribution in [-0.2, 0) is 16.1 Å². The summed E-state index contributed by atoms with van der Waals surface area (Å²) in [6.07, 6.45) is -2.72. The molecule has 18 heteroatoms. The summed E-state index contributed by atoms with van der Waals surface area (Å²) in [5, 5.41) is 8.25. The van der Waals surface area contributed by atoms with Crippen LogP contribution < -0.4 is 15.6 Å². The number of alkyl halides is 4. The summed E-state index contributed by atoms with van der Waals surface area (Å²) in [6.45, 7) is 0.639. The maximum absolute atomic E-state index is 15.1. The summed E-state index contributed by atoms with van der Waals surface area (Å²) >= 11 is 0. The molecule has 5 aromatic rings. The zero-order valence-electron chi connectivity index (χ0n) is 23.7. The molecule has 0 radical (unpaired) electrons. The molecule has 1 fully saturated rings. The Morgan fingerprint density at radius 2 is 1.89 bits per heavy atom. The average molecular weight is 644 g/mol. The summed E-state index contributed by atoms with van der Waals surface area (Å²) in [6, 6.07) is 5.24. The summed E-state index contributed by atoms with van der Waals surface area (Å²) in [7, 11) is 0. The second kappa shape index (κ2) is 11.4. The highest BCUT2D eigenvalue weighted by Gasteiger charge is 2.43. The largest absolute Gasteiger partial charge is 0.573 e. The molecule has 6 rings (SSSR count). The van der Waals surface area contributed by atoms with Crippen LogP contribution >= 0.6 is 0 Å². The van der Waals surface area contributed by atoms with Gasteiger partial charge in [0.1, 0.15) is 24.5 Å². The molecule has 1 saturated heterocycles. The van der Waals surface area contributed by atoms with E-state index in [-0.39, 0.29) is 16.6 Å². The standard InChI is InChI=1S/C28H22F5N9O4/c1-14-5-23-36-9-15(11-41(23)37-14)20-8-19-22(10-35-20)40(38-25(19)26(34)44)13-24(43)39-12-16(29)6-21(39)27(45)42(33)17-3-2-4-18(7-17)46-28(30,31)32/h2-5,7-11,16,21H,6,12-13H2,1H3,(H2,34,44)/t16-,21+/m1/s1. The number of pyridine rings is 1. The smallest absolute Gasteiger partial charge is 0.406 e. The van der Waals surface area contributed by atoms with Gasteiger partial charge in [0, 0.05) is 41.9 Å². The van der Waals surface area contributed by atoms with Crippen LogP contribution in [0.1, 0.15) is 22.6 Å². The number of primary amides is 1. The summed E-state index contributed by atoms with van der Waals surface area (Å²) < 4.78 is 73.9. The van der Waals surface area contributed by atoms with E-state index in [1.807, 2.05) is 6.92 Å². The van der Waals surface area contributed by atoms with Gasteiger partial charge in [0.15, 0.2) is 11.3 Å². The number of halogens is 5. The molecule has 5 heterocycles. The lowest BCUT2D eigenvalue weighted by Crippen LogP contribution is -2.46. The molecule has 46 heavy (non-hydrogen) atoms. The fraction of sp³-hybridized carbons (Fsp3) is 0.250. The number of ether oxygens (including phenoxy) is 1. The van der Waals surface area contributed by atoms with Gasteiger partial charge in [-0.15, -0.1) is 18.3 Å². The van der Waals surface area contributed by atoms with Gasteiger partial charge >= 0.3 is 6.36 Å². The van der Waals surface area contributed by atoms with Crippen molar-refractivity contribution in [3.63, 3.8) is 0 Å². The molecule has 0 unspecified atom stereocenters. The number of benzene rings is 1. The predicted molar refractivity (Wildman–Crippen MR) is 149 cm³/mol. The first kappa shape index (κ1) is 30.4. The highest BCUT2D eigenvalue weighted by molar-refractivity contribution is 6.05. The zero-order valence-corrected chi connectivity index (χ0v) is 23.7. The van der Waals surface area contributed by atoms with Gasteiger partial charge in [-0.2, -0.15) is 10.2 Å². The van der Waals surface area contributed by atoms with Crippen molar-refractivity contribution in [2.45, 2.75) is 38.5 Å². The molecular formula is C28H22F5N9O4. The normalized spacial score (nSPS) is 16.7. The monoisotopic (exact) mass is 643 g/mol. The Bertz CT molecular complexity index is 2010. The van der Waals surface area contributed by atoms with Crippen LogP contribution in [0, 0.1) is 6.92 Å². The van der Waals surface area contributed by atoms with Gasteiger partial charge in [0.2, 0.25) is 5.91 Å². The van der Waals surface area contributed by atoms with Crippen LogP contribution in [-0.4, -0.2) is 77.1 Å². The number of fused-ring (bicyclic) bond motifs is 2. The molecule has 1 aromatic carbocycles. The Balaban J connectivity index is 1.25. The summed E-state index contributed by atoms with van der Waals surface area (Å²) in [4.78, 5) is 48.3. The average Bonchev–Trinajstić information content (AvgIpc) is 3.68. The zero-order chi connectivity index (χ0) is 32.9. The highest BCUT2D eigenvalue weighted by Crippen LogP contribution is 2.30. The van der Waals surface area contributed by atoms with Crippen LogP contribution in [0.4, 0.5) is 27.7 Å². The lowest BCUT2D eigenvalue weighted by molar-refractivity contribution is -0.274. The van der Waals surface area contributed by atoms with E-state index in [9.17, 15) is 31.9 Å². The second-order valence-electron chi connectivity index (χ2n) is 10.4. The third-order valence-electron chi connectivity index (χ3n) is 7.21. The van der Waals surface area contributed by atoms with Crippen molar-refractivity contribution in [1.82, 2.24) is 34.3 Å². The number of hydrogen-bond donors (Lipinski definition) is 1. The van der Waals surface area contributed by atoms with Crippen LogP contribution in [0.25, 0.3) is 27.8 Å². The van der Waals surface area contributed by atoms with Crippen LogP contribution in [0.3, 0.4) is 0 Å². The molecule has 0 bridgehead atoms. The van der Waals surface area contributed by atoms with E-state index in [1.54, 1.807) is 23.0 Å². The third kappa shape index (κ3) is 5.87. The Labute approximate surface area is 254 Å². The minimum Gasteiger partial charge on any atom is -0.406 e. The van der Waals surface area contributed by atoms with Gasteiger partial charge in [-0.3, -0.25) is 24.0 Å². The number of carbonyl (C=O) groups excluding carboxylic acids is 3. The van der Waals surface area contributed by atoms with Gasteiger partial charge in [0.05, 0.1) is 35.3 Å². The molecule has 3 amide bonds. The minimum atomic E-state index is -5.06. The van der Waals surface area contributed by atoms with E-state index in [2.05, 4.69) is 24.9 Å². The first-order chi connectivity index (χ1) is 21.8. The predicted octanol–water partition coefficient (Wildman–Crippen LogP) is 3.30. The molecule has 0 saturated carbocycles. The Hall–Kier alpha value is -5.68. The first-order valence-corrected chi connectivity index (χ1v) is 13.6. The van der Waals surface area contributed by atoms with Crippen LogP contribution in [0.2, 0.25) is 0 Å². The number of carbonyl (C=O) groups is 3. The maximum Gasteiger partial charge on any atom is 0.573 e. The number of hydrogen-bond acceptors (Lipinski definition) is 8. The number of anilines is 1. The van der Waals surface area contributed by atoms with Gasteiger partial charge < -0.3 is 15.4 Å². The number of rotatable bonds is 7. The van der Waals surface area contributed by atoms with E-state index < -0.39 is 72.4 Å². The fourth-order valence-electron chi connectivity index (χ4n) is 5.23. The Kier molecular flexibility index (Phi) is 7.49. The maximum atomic E-state index is 15.1. The van der Waals surface area contributed by atoms with Crippen LogP contribution in [0.15, 0.2) is 55.0 Å². The van der Waals surface area contributed by atoms with E-state index in [1.165, 1.54) is 12.3 Å². The molecule has 1 aliphatic rings. The quantitative estimate of drug-likeness (QED) is 0.209. The lowest BCUT2D eigenvalue weighted by atomic mass is 10.1. The number of aromatic nitrogens is 6. The molecule has 0 spiro atoms. The van der Waals surface area contributed by atoms with Crippen molar-refractivity contribution in [1.29, 1.82) is 0 Å². The number of likely N-dealkylation sites (tertiary alicyclic amines) is 1. The molecule has 238 valence electrons. The lowest BCUT2D eigenvalue weighted by Gasteiger charge is -2.25. The van der Waals surface area contributed by atoms with Gasteiger partial charge in [-0.25, -0.2) is 13.9 Å². The minimum absolute atomic E-state index is 0.191. The molecule has 1 aliphatic heterocycles. The van der Waals surface area contributed by atoms with Crippen molar-refractivity contribution in [3.05, 3.63) is 66.4 Å². The van der Waals surface area contributed by atoms with Crippen molar-refractivity contribution in [3.8, 4) is 17.0 Å². The topological polar surface area (TPSA) is 154 Å². The van der Waals surface area contributed by atoms with E-state index in [4.69, 9.17) is 5.73 Å². The number of aryl methyl sites for hydroxylation is 1. The van der Waals surface area contributed by atoms with Gasteiger partial charge in [-0.05, 0) is 25.1 Å². The SMILES string of the molecule is Cc1cc2ncc(-c3cc4c(C(N)=O)nn(CC(=O)N5C[C@H](F)C[C@H]5C(=O)N(F)c5cccc(OC(F)(F)F)c5)c4cn3)cn2n1. The molecule has 4 aromatic heterocycles. The molecule has 0 aliphatic carbocycles. The molecule has 13 nitrogen and oxygen atoms in total.